The van der Waals surface area contributed by atoms with Gasteiger partial charge in [-0.05, 0) is 41.5 Å². The van der Waals surface area contributed by atoms with Crippen LogP contribution in [0.25, 0.3) is 0 Å². The number of ether oxygens (including phenoxy) is 1. The quantitative estimate of drug-likeness (QED) is 0.446. The zero-order valence-corrected chi connectivity index (χ0v) is 12.0. The predicted octanol–water partition coefficient (Wildman–Crippen LogP) is 1.80. The topological polar surface area (TPSA) is 91.2 Å². The number of aromatic hydroxyl groups is 2. The van der Waals surface area contributed by atoms with Crippen molar-refractivity contribution in [1.29, 1.82) is 0 Å². The van der Waals surface area contributed by atoms with Crippen LogP contribution < -0.4 is 10.2 Å². The van der Waals surface area contributed by atoms with Crippen molar-refractivity contribution in [2.45, 2.75) is 6.42 Å². The van der Waals surface area contributed by atoms with Gasteiger partial charge in [0.2, 0.25) is 5.91 Å². The largest absolute Gasteiger partial charge is 0.504 e. The van der Waals surface area contributed by atoms with Crippen LogP contribution in [0.15, 0.2) is 47.6 Å². The van der Waals surface area contributed by atoms with Gasteiger partial charge in [-0.1, -0.05) is 12.1 Å². The maximum atomic E-state index is 11.7. The molecular formula is C16H16N2O4. The molecule has 0 heterocycles. The van der Waals surface area contributed by atoms with Crippen molar-refractivity contribution in [2.24, 2.45) is 5.10 Å². The van der Waals surface area contributed by atoms with Crippen molar-refractivity contribution >= 4 is 12.1 Å². The molecule has 0 spiro atoms. The van der Waals surface area contributed by atoms with E-state index in [1.165, 1.54) is 18.3 Å². The van der Waals surface area contributed by atoms with Crippen LogP contribution in [0, 0.1) is 0 Å². The third-order valence-electron chi connectivity index (χ3n) is 2.93. The Kier molecular flexibility index (Phi) is 4.98. The summed E-state index contributed by atoms with van der Waals surface area (Å²) in [5.74, 6) is 0.0212. The Bertz CT molecular complexity index is 681. The molecule has 3 N–H and O–H groups in total. The van der Waals surface area contributed by atoms with Gasteiger partial charge >= 0.3 is 0 Å². The highest BCUT2D eigenvalue weighted by Crippen LogP contribution is 2.23. The minimum absolute atomic E-state index is 0.197. The lowest BCUT2D eigenvalue weighted by atomic mass is 10.1. The molecule has 114 valence electrons. The van der Waals surface area contributed by atoms with Crippen LogP contribution in [-0.4, -0.2) is 29.4 Å². The highest BCUT2D eigenvalue weighted by molar-refractivity contribution is 5.83. The summed E-state index contributed by atoms with van der Waals surface area (Å²) in [7, 11) is 1.58. The first-order valence-electron chi connectivity index (χ1n) is 6.55. The monoisotopic (exact) mass is 300 g/mol. The molecule has 6 nitrogen and oxygen atoms in total. The van der Waals surface area contributed by atoms with E-state index in [2.05, 4.69) is 10.5 Å². The molecule has 0 fully saturated rings. The van der Waals surface area contributed by atoms with Crippen molar-refractivity contribution in [3.8, 4) is 17.2 Å². The molecular weight excluding hydrogens is 284 g/mol. The van der Waals surface area contributed by atoms with Crippen LogP contribution in [-0.2, 0) is 11.2 Å². The Labute approximate surface area is 127 Å². The second-order valence-corrected chi connectivity index (χ2v) is 4.57. The Balaban J connectivity index is 1.88. The first-order chi connectivity index (χ1) is 10.6. The molecule has 0 radical (unpaired) electrons. The molecule has 0 aliphatic rings. The van der Waals surface area contributed by atoms with Gasteiger partial charge in [-0.25, -0.2) is 5.43 Å². The summed E-state index contributed by atoms with van der Waals surface area (Å²) in [5.41, 5.74) is 3.80. The number of nitrogens with one attached hydrogen (secondary N) is 1. The van der Waals surface area contributed by atoms with Crippen LogP contribution in [0.5, 0.6) is 17.2 Å². The molecule has 2 aromatic rings. The van der Waals surface area contributed by atoms with E-state index < -0.39 is 0 Å². The Morgan fingerprint density at radius 1 is 1.18 bits per heavy atom. The molecule has 1 amide bonds. The zero-order valence-electron chi connectivity index (χ0n) is 12.0. The van der Waals surface area contributed by atoms with E-state index in [0.717, 1.165) is 11.3 Å². The van der Waals surface area contributed by atoms with Gasteiger partial charge in [0.1, 0.15) is 5.75 Å². The Morgan fingerprint density at radius 3 is 2.55 bits per heavy atom. The lowest BCUT2D eigenvalue weighted by molar-refractivity contribution is -0.120. The molecule has 2 rings (SSSR count). The fourth-order valence-electron chi connectivity index (χ4n) is 1.77. The number of phenolic OH excluding ortho intramolecular Hbond substituents is 2. The number of methoxy groups -OCH3 is 1. The van der Waals surface area contributed by atoms with Gasteiger partial charge in [0.05, 0.1) is 19.7 Å². The minimum Gasteiger partial charge on any atom is -0.504 e. The zero-order chi connectivity index (χ0) is 15.9. The van der Waals surface area contributed by atoms with Crippen molar-refractivity contribution in [1.82, 2.24) is 5.43 Å². The molecule has 0 atom stereocenters. The number of rotatable bonds is 5. The number of carbonyl (C=O) groups is 1. The number of hydrazone groups is 1. The predicted molar refractivity (Wildman–Crippen MR) is 82.2 cm³/mol. The first-order valence-corrected chi connectivity index (χ1v) is 6.55. The smallest absolute Gasteiger partial charge is 0.244 e. The molecule has 0 saturated carbocycles. The third kappa shape index (κ3) is 4.24. The first kappa shape index (κ1) is 15.4. The van der Waals surface area contributed by atoms with Gasteiger partial charge in [0.15, 0.2) is 11.5 Å². The lowest BCUT2D eigenvalue weighted by Gasteiger charge is -2.03. The van der Waals surface area contributed by atoms with Crippen LogP contribution in [0.3, 0.4) is 0 Å². The van der Waals surface area contributed by atoms with E-state index in [4.69, 9.17) is 4.74 Å². The summed E-state index contributed by atoms with van der Waals surface area (Å²) < 4.78 is 5.04. The highest BCUT2D eigenvalue weighted by Gasteiger charge is 2.03. The van der Waals surface area contributed by atoms with Crippen LogP contribution >= 0.6 is 0 Å². The number of amides is 1. The van der Waals surface area contributed by atoms with Gasteiger partial charge in [0.25, 0.3) is 0 Å². The van der Waals surface area contributed by atoms with Gasteiger partial charge in [-0.3, -0.25) is 4.79 Å². The normalized spacial score (nSPS) is 10.6. The van der Waals surface area contributed by atoms with Crippen molar-refractivity contribution in [3.05, 3.63) is 53.6 Å². The summed E-state index contributed by atoms with van der Waals surface area (Å²) in [4.78, 5) is 11.7. The molecule has 0 unspecified atom stereocenters. The van der Waals surface area contributed by atoms with Crippen molar-refractivity contribution in [2.75, 3.05) is 7.11 Å². The van der Waals surface area contributed by atoms with Gasteiger partial charge < -0.3 is 14.9 Å². The van der Waals surface area contributed by atoms with E-state index in [0.29, 0.717) is 5.56 Å². The maximum absolute atomic E-state index is 11.7. The van der Waals surface area contributed by atoms with Crippen molar-refractivity contribution < 1.29 is 19.7 Å². The fraction of sp³-hybridized carbons (Fsp3) is 0.125. The summed E-state index contributed by atoms with van der Waals surface area (Å²) in [6, 6.07) is 11.4. The fourth-order valence-corrected chi connectivity index (χ4v) is 1.77. The molecule has 22 heavy (non-hydrogen) atoms. The standard InChI is InChI=1S/C16H16N2O4/c1-22-13-5-2-11(3-6-13)9-16(21)18-17-10-12-4-7-14(19)15(20)8-12/h2-8,10,19-20H,9H2,1H3,(H,18,21)/b17-10+. The highest BCUT2D eigenvalue weighted by atomic mass is 16.5. The van der Waals surface area contributed by atoms with Crippen LogP contribution in [0.4, 0.5) is 0 Å². The summed E-state index contributed by atoms with van der Waals surface area (Å²) >= 11 is 0. The number of hydrogen-bond acceptors (Lipinski definition) is 5. The SMILES string of the molecule is COc1ccc(CC(=O)N/N=C/c2ccc(O)c(O)c2)cc1. The minimum atomic E-state index is -0.260. The average Bonchev–Trinajstić information content (AvgIpc) is 2.51. The van der Waals surface area contributed by atoms with Gasteiger partial charge in [0, 0.05) is 0 Å². The molecule has 0 aromatic heterocycles. The van der Waals surface area contributed by atoms with Crippen LogP contribution in [0.1, 0.15) is 11.1 Å². The number of phenols is 2. The molecule has 6 heteroatoms. The summed E-state index contributed by atoms with van der Waals surface area (Å²) in [6.45, 7) is 0. The van der Waals surface area contributed by atoms with E-state index in [1.54, 1.807) is 37.4 Å². The summed E-state index contributed by atoms with van der Waals surface area (Å²) in [6.07, 6.45) is 1.58. The van der Waals surface area contributed by atoms with Crippen molar-refractivity contribution in [3.63, 3.8) is 0 Å². The van der Waals surface area contributed by atoms with E-state index in [1.807, 2.05) is 0 Å². The average molecular weight is 300 g/mol. The number of hydrogen-bond donors (Lipinski definition) is 3. The summed E-state index contributed by atoms with van der Waals surface area (Å²) in [5, 5.41) is 22.3. The van der Waals surface area contributed by atoms with E-state index >= 15 is 0 Å². The third-order valence-corrected chi connectivity index (χ3v) is 2.93. The Hall–Kier alpha value is -3.02. The van der Waals surface area contributed by atoms with E-state index in [9.17, 15) is 15.0 Å². The lowest BCUT2D eigenvalue weighted by Crippen LogP contribution is -2.19. The Morgan fingerprint density at radius 2 is 1.91 bits per heavy atom. The molecule has 0 bridgehead atoms. The molecule has 0 saturated heterocycles. The van der Waals surface area contributed by atoms with E-state index in [-0.39, 0.29) is 23.8 Å². The van der Waals surface area contributed by atoms with Crippen LogP contribution in [0.2, 0.25) is 0 Å². The maximum Gasteiger partial charge on any atom is 0.244 e. The second kappa shape index (κ2) is 7.12. The van der Waals surface area contributed by atoms with Gasteiger partial charge in [-0.15, -0.1) is 0 Å². The number of benzene rings is 2. The molecule has 0 aliphatic carbocycles. The van der Waals surface area contributed by atoms with Gasteiger partial charge in [-0.2, -0.15) is 5.10 Å². The molecule has 0 aliphatic heterocycles. The number of nitrogens with zero attached hydrogens (tertiary/aromatic N) is 1. The second-order valence-electron chi connectivity index (χ2n) is 4.57. The number of carbonyl (C=O) groups excluding carboxylic acids is 1. The molecule has 2 aromatic carbocycles.